The Labute approximate surface area is 119 Å². The molecule has 1 N–H and O–H groups in total. The Morgan fingerprint density at radius 3 is 2.68 bits per heavy atom. The number of hydrogen-bond donors (Lipinski definition) is 1. The van der Waals surface area contributed by atoms with E-state index in [4.69, 9.17) is 0 Å². The van der Waals surface area contributed by atoms with Gasteiger partial charge in [-0.25, -0.2) is 4.39 Å². The van der Waals surface area contributed by atoms with E-state index in [0.717, 1.165) is 5.13 Å². The van der Waals surface area contributed by atoms with E-state index in [1.807, 2.05) is 19.0 Å². The lowest BCUT2D eigenvalue weighted by Gasteiger charge is -2.10. The summed E-state index contributed by atoms with van der Waals surface area (Å²) in [6, 6.07) is 4.68. The first-order valence-electron chi connectivity index (χ1n) is 5.64. The largest absolute Gasteiger partial charge is 0.389 e. The number of aliphatic hydroxyl groups is 1. The Balaban J connectivity index is 2.32. The van der Waals surface area contributed by atoms with Crippen LogP contribution in [0.4, 0.5) is 9.52 Å². The molecule has 0 saturated carbocycles. The van der Waals surface area contributed by atoms with E-state index in [1.165, 1.54) is 29.2 Å². The van der Waals surface area contributed by atoms with Gasteiger partial charge in [0.25, 0.3) is 0 Å². The third kappa shape index (κ3) is 3.23. The number of aromatic nitrogens is 2. The van der Waals surface area contributed by atoms with Crippen LogP contribution in [0, 0.1) is 5.82 Å². The van der Waals surface area contributed by atoms with Crippen molar-refractivity contribution >= 4 is 28.2 Å². The number of halogens is 1. The van der Waals surface area contributed by atoms with Crippen LogP contribution in [0.25, 0.3) is 0 Å². The van der Waals surface area contributed by atoms with Crippen molar-refractivity contribution in [2.75, 3.05) is 19.0 Å². The van der Waals surface area contributed by atoms with Crippen molar-refractivity contribution in [2.45, 2.75) is 22.3 Å². The fraction of sp³-hybridized carbons (Fsp3) is 0.333. The summed E-state index contributed by atoms with van der Waals surface area (Å²) in [5.74, 6) is -0.356. The molecule has 0 saturated heterocycles. The van der Waals surface area contributed by atoms with Crippen LogP contribution in [-0.4, -0.2) is 29.4 Å². The minimum atomic E-state index is -0.723. The van der Waals surface area contributed by atoms with Crippen LogP contribution in [0.1, 0.15) is 18.6 Å². The summed E-state index contributed by atoms with van der Waals surface area (Å²) < 4.78 is 14.5. The van der Waals surface area contributed by atoms with E-state index >= 15 is 0 Å². The molecular formula is C12H14FN3OS2. The van der Waals surface area contributed by atoms with Crippen LogP contribution < -0.4 is 4.90 Å². The molecule has 2 rings (SSSR count). The lowest BCUT2D eigenvalue weighted by atomic mass is 10.1. The van der Waals surface area contributed by atoms with Gasteiger partial charge in [0, 0.05) is 14.1 Å². The highest BCUT2D eigenvalue weighted by Crippen LogP contribution is 2.37. The summed E-state index contributed by atoms with van der Waals surface area (Å²) in [5.41, 5.74) is 0.562. The quantitative estimate of drug-likeness (QED) is 0.940. The monoisotopic (exact) mass is 299 g/mol. The topological polar surface area (TPSA) is 49.3 Å². The molecule has 1 atom stereocenters. The summed E-state index contributed by atoms with van der Waals surface area (Å²) in [6.45, 7) is 1.62. The van der Waals surface area contributed by atoms with Gasteiger partial charge in [-0.15, -0.1) is 10.2 Å². The highest BCUT2D eigenvalue weighted by molar-refractivity contribution is 8.01. The second kappa shape index (κ2) is 5.85. The average Bonchev–Trinajstić information content (AvgIpc) is 2.80. The zero-order chi connectivity index (χ0) is 14.0. The molecule has 0 unspecified atom stereocenters. The van der Waals surface area contributed by atoms with Gasteiger partial charge in [0.05, 0.1) is 11.0 Å². The van der Waals surface area contributed by atoms with E-state index < -0.39 is 6.10 Å². The van der Waals surface area contributed by atoms with Crippen molar-refractivity contribution in [3.8, 4) is 0 Å². The highest BCUT2D eigenvalue weighted by Gasteiger charge is 2.16. The van der Waals surface area contributed by atoms with Crippen LogP contribution in [0.2, 0.25) is 0 Å². The van der Waals surface area contributed by atoms with E-state index in [1.54, 1.807) is 19.1 Å². The lowest BCUT2D eigenvalue weighted by molar-refractivity contribution is 0.195. The maximum absolute atomic E-state index is 13.9. The Kier molecular flexibility index (Phi) is 4.38. The Morgan fingerprint density at radius 2 is 2.11 bits per heavy atom. The first-order chi connectivity index (χ1) is 8.99. The molecule has 2 aromatic rings. The second-order valence-corrected chi connectivity index (χ2v) is 6.39. The smallest absolute Gasteiger partial charge is 0.208 e. The predicted molar refractivity (Wildman–Crippen MR) is 75.4 cm³/mol. The molecule has 1 aromatic heterocycles. The molecule has 1 aromatic carbocycles. The van der Waals surface area contributed by atoms with Crippen molar-refractivity contribution in [3.05, 3.63) is 29.6 Å². The molecule has 0 aliphatic carbocycles. The van der Waals surface area contributed by atoms with Gasteiger partial charge in [0.1, 0.15) is 5.82 Å². The normalized spacial score (nSPS) is 12.5. The molecule has 0 bridgehead atoms. The van der Waals surface area contributed by atoms with Gasteiger partial charge >= 0.3 is 0 Å². The summed E-state index contributed by atoms with van der Waals surface area (Å²) in [4.78, 5) is 2.25. The van der Waals surface area contributed by atoms with E-state index in [-0.39, 0.29) is 5.82 Å². The number of nitrogens with zero attached hydrogens (tertiary/aromatic N) is 3. The van der Waals surface area contributed by atoms with E-state index in [0.29, 0.717) is 14.8 Å². The SMILES string of the molecule is C[C@@H](O)c1cccc(F)c1Sc1nnc(N(C)C)s1. The third-order valence-electron chi connectivity index (χ3n) is 2.42. The standard InChI is InChI=1S/C12H14FN3OS2/c1-7(17)8-5-4-6-9(13)10(8)18-12-15-14-11(19-12)16(2)3/h4-7,17H,1-3H3/t7-/m1/s1. The van der Waals surface area contributed by atoms with Crippen molar-refractivity contribution in [1.29, 1.82) is 0 Å². The van der Waals surface area contributed by atoms with Crippen molar-refractivity contribution < 1.29 is 9.50 Å². The third-order valence-corrected chi connectivity index (χ3v) is 4.69. The van der Waals surface area contributed by atoms with Gasteiger partial charge in [-0.3, -0.25) is 0 Å². The number of anilines is 1. The molecule has 4 nitrogen and oxygen atoms in total. The van der Waals surface area contributed by atoms with Crippen LogP contribution in [0.15, 0.2) is 27.4 Å². The maximum Gasteiger partial charge on any atom is 0.208 e. The first kappa shape index (κ1) is 14.2. The molecule has 1 heterocycles. The molecule has 0 amide bonds. The fourth-order valence-electron chi connectivity index (χ4n) is 1.47. The zero-order valence-corrected chi connectivity index (χ0v) is 12.4. The molecule has 0 radical (unpaired) electrons. The summed E-state index contributed by atoms with van der Waals surface area (Å²) >= 11 is 2.57. The minimum absolute atomic E-state index is 0.356. The number of hydrogen-bond acceptors (Lipinski definition) is 6. The summed E-state index contributed by atoms with van der Waals surface area (Å²) in [6.07, 6.45) is -0.723. The van der Waals surface area contributed by atoms with E-state index in [2.05, 4.69) is 10.2 Å². The number of aliphatic hydroxyl groups excluding tert-OH is 1. The number of benzene rings is 1. The number of rotatable bonds is 4. The molecular weight excluding hydrogens is 285 g/mol. The van der Waals surface area contributed by atoms with Gasteiger partial charge in [-0.2, -0.15) is 0 Å². The average molecular weight is 299 g/mol. The molecule has 0 aliphatic rings. The molecule has 7 heteroatoms. The maximum atomic E-state index is 13.9. The Bertz CT molecular complexity index is 572. The van der Waals surface area contributed by atoms with E-state index in [9.17, 15) is 9.50 Å². The molecule has 0 fully saturated rings. The predicted octanol–water partition coefficient (Wildman–Crippen LogP) is 2.95. The molecule has 0 spiro atoms. The first-order valence-corrected chi connectivity index (χ1v) is 7.27. The molecule has 0 aliphatic heterocycles. The van der Waals surface area contributed by atoms with Crippen LogP contribution in [0.5, 0.6) is 0 Å². The fourth-order valence-corrected chi connectivity index (χ4v) is 3.39. The van der Waals surface area contributed by atoms with Gasteiger partial charge in [-0.05, 0) is 18.6 Å². The second-order valence-electron chi connectivity index (χ2n) is 4.18. The van der Waals surface area contributed by atoms with Gasteiger partial charge in [0.15, 0.2) is 4.34 Å². The van der Waals surface area contributed by atoms with Crippen LogP contribution >= 0.6 is 23.1 Å². The summed E-state index contributed by atoms with van der Waals surface area (Å²) in [5, 5.41) is 18.5. The zero-order valence-electron chi connectivity index (χ0n) is 10.8. The van der Waals surface area contributed by atoms with Gasteiger partial charge in [0.2, 0.25) is 5.13 Å². The van der Waals surface area contributed by atoms with Crippen molar-refractivity contribution in [3.63, 3.8) is 0 Å². The Hall–Kier alpha value is -1.18. The lowest BCUT2D eigenvalue weighted by Crippen LogP contribution is -2.07. The Morgan fingerprint density at radius 1 is 1.37 bits per heavy atom. The van der Waals surface area contributed by atoms with Crippen LogP contribution in [-0.2, 0) is 0 Å². The summed E-state index contributed by atoms with van der Waals surface area (Å²) in [7, 11) is 3.75. The van der Waals surface area contributed by atoms with Crippen molar-refractivity contribution in [1.82, 2.24) is 10.2 Å². The van der Waals surface area contributed by atoms with Crippen LogP contribution in [0.3, 0.4) is 0 Å². The molecule has 19 heavy (non-hydrogen) atoms. The highest BCUT2D eigenvalue weighted by atomic mass is 32.2. The van der Waals surface area contributed by atoms with Crippen molar-refractivity contribution in [2.24, 2.45) is 0 Å². The minimum Gasteiger partial charge on any atom is -0.389 e. The van der Waals surface area contributed by atoms with Gasteiger partial charge < -0.3 is 10.0 Å². The van der Waals surface area contributed by atoms with Gasteiger partial charge in [-0.1, -0.05) is 35.2 Å². The molecule has 102 valence electrons.